The summed E-state index contributed by atoms with van der Waals surface area (Å²) in [4.78, 5) is 17.1. The number of piperidine rings is 1. The molecule has 3 heterocycles. The lowest BCUT2D eigenvalue weighted by atomic mass is 9.93. The molecule has 2 aromatic rings. The zero-order chi connectivity index (χ0) is 15.4. The van der Waals surface area contributed by atoms with Crippen molar-refractivity contribution < 1.29 is 9.28 Å². The summed E-state index contributed by atoms with van der Waals surface area (Å²) in [5, 5.41) is 2.04. The summed E-state index contributed by atoms with van der Waals surface area (Å²) in [5.74, 6) is -0.00668. The van der Waals surface area contributed by atoms with Crippen molar-refractivity contribution in [3.63, 3.8) is 0 Å². The van der Waals surface area contributed by atoms with Crippen LogP contribution in [0.15, 0.2) is 53.5 Å². The highest BCUT2D eigenvalue weighted by molar-refractivity contribution is 6.13. The number of rotatable bonds is 2. The number of hydrogen-bond acceptors (Lipinski definition) is 1. The average Bonchev–Trinajstić information content (AvgIpc) is 3.07. The van der Waals surface area contributed by atoms with E-state index in [4.69, 9.17) is 0 Å². The van der Waals surface area contributed by atoms with Gasteiger partial charge in [0.1, 0.15) is 12.6 Å². The van der Waals surface area contributed by atoms with E-state index in [1.807, 2.05) is 6.07 Å². The summed E-state index contributed by atoms with van der Waals surface area (Å²) in [6.07, 6.45) is 3.60. The molecule has 3 aliphatic rings. The van der Waals surface area contributed by atoms with Gasteiger partial charge in [-0.05, 0) is 18.9 Å². The van der Waals surface area contributed by atoms with Gasteiger partial charge >= 0.3 is 5.91 Å². The molecule has 0 saturated carbocycles. The van der Waals surface area contributed by atoms with Crippen molar-refractivity contribution in [1.82, 2.24) is 0 Å². The third kappa shape index (κ3) is 1.68. The van der Waals surface area contributed by atoms with Crippen molar-refractivity contribution >= 4 is 11.6 Å². The van der Waals surface area contributed by atoms with Gasteiger partial charge in [-0.25, -0.2) is 4.99 Å². The van der Waals surface area contributed by atoms with E-state index in [9.17, 15) is 4.79 Å². The Hall–Kier alpha value is -2.26. The van der Waals surface area contributed by atoms with Crippen molar-refractivity contribution in [3.8, 4) is 0 Å². The SMILES string of the molecule is O=C1N=c2cccc3c2=C1[N+]1(Cc2ccccc2)CCCCC31. The number of quaternary nitrogens is 1. The normalized spacial score (nSPS) is 27.6. The molecule has 3 aliphatic heterocycles. The summed E-state index contributed by atoms with van der Waals surface area (Å²) in [6, 6.07) is 17.3. The Kier molecular flexibility index (Phi) is 2.65. The molecule has 114 valence electrons. The molecule has 23 heavy (non-hydrogen) atoms. The van der Waals surface area contributed by atoms with E-state index in [2.05, 4.69) is 47.5 Å². The minimum Gasteiger partial charge on any atom is -0.276 e. The topological polar surface area (TPSA) is 29.4 Å². The van der Waals surface area contributed by atoms with Crippen molar-refractivity contribution in [3.05, 3.63) is 70.2 Å². The number of nitrogens with zero attached hydrogens (tertiary/aromatic N) is 2. The zero-order valence-electron chi connectivity index (χ0n) is 13.0. The van der Waals surface area contributed by atoms with E-state index >= 15 is 0 Å². The second-order valence-electron chi connectivity index (χ2n) is 6.92. The summed E-state index contributed by atoms with van der Waals surface area (Å²) >= 11 is 0. The van der Waals surface area contributed by atoms with Crippen LogP contribution in [0.1, 0.15) is 36.4 Å². The van der Waals surface area contributed by atoms with Crippen LogP contribution in [0.25, 0.3) is 5.70 Å². The van der Waals surface area contributed by atoms with Crippen LogP contribution in [-0.2, 0) is 11.3 Å². The first-order valence-electron chi connectivity index (χ1n) is 8.47. The number of carbonyl (C=O) groups excluding carboxylic acids is 1. The minimum atomic E-state index is -0.00668. The maximum atomic E-state index is 12.7. The summed E-state index contributed by atoms with van der Waals surface area (Å²) in [7, 11) is 0. The van der Waals surface area contributed by atoms with Gasteiger partial charge in [-0.15, -0.1) is 0 Å². The Balaban J connectivity index is 1.76. The van der Waals surface area contributed by atoms with Gasteiger partial charge in [-0.3, -0.25) is 9.28 Å². The molecular formula is C20H19N2O+. The van der Waals surface area contributed by atoms with Gasteiger partial charge < -0.3 is 0 Å². The van der Waals surface area contributed by atoms with Gasteiger partial charge in [0, 0.05) is 17.5 Å². The molecule has 0 radical (unpaired) electrons. The molecule has 2 atom stereocenters. The highest BCUT2D eigenvalue weighted by Crippen LogP contribution is 2.46. The van der Waals surface area contributed by atoms with Crippen molar-refractivity contribution in [2.24, 2.45) is 4.99 Å². The molecule has 3 nitrogen and oxygen atoms in total. The Morgan fingerprint density at radius 3 is 2.78 bits per heavy atom. The summed E-state index contributed by atoms with van der Waals surface area (Å²) in [6.45, 7) is 1.94. The molecule has 1 fully saturated rings. The number of fused-ring (bicyclic) bond motifs is 3. The number of amides is 1. The Morgan fingerprint density at radius 1 is 1.04 bits per heavy atom. The third-order valence-corrected chi connectivity index (χ3v) is 5.73. The molecule has 0 bridgehead atoms. The minimum absolute atomic E-state index is 0.00668. The van der Waals surface area contributed by atoms with E-state index < -0.39 is 0 Å². The first-order valence-corrected chi connectivity index (χ1v) is 8.47. The Labute approximate surface area is 135 Å². The van der Waals surface area contributed by atoms with Crippen LogP contribution in [0.5, 0.6) is 0 Å². The van der Waals surface area contributed by atoms with Crippen molar-refractivity contribution in [2.75, 3.05) is 6.54 Å². The molecule has 1 saturated heterocycles. The number of carbonyl (C=O) groups is 1. The van der Waals surface area contributed by atoms with E-state index in [1.165, 1.54) is 30.4 Å². The lowest BCUT2D eigenvalue weighted by Gasteiger charge is -2.44. The van der Waals surface area contributed by atoms with Gasteiger partial charge in [0.15, 0.2) is 0 Å². The molecular weight excluding hydrogens is 284 g/mol. The second-order valence-corrected chi connectivity index (χ2v) is 6.92. The molecule has 2 aromatic carbocycles. The monoisotopic (exact) mass is 303 g/mol. The highest BCUT2D eigenvalue weighted by atomic mass is 16.2. The lowest BCUT2D eigenvalue weighted by molar-refractivity contribution is -0.905. The van der Waals surface area contributed by atoms with Crippen LogP contribution in [0.2, 0.25) is 0 Å². The molecule has 0 N–H and O–H groups in total. The predicted molar refractivity (Wildman–Crippen MR) is 87.5 cm³/mol. The highest BCUT2D eigenvalue weighted by Gasteiger charge is 2.53. The fourth-order valence-corrected chi connectivity index (χ4v) is 4.87. The van der Waals surface area contributed by atoms with Crippen LogP contribution in [0, 0.1) is 0 Å². The summed E-state index contributed by atoms with van der Waals surface area (Å²) in [5.41, 5.74) is 3.62. The maximum Gasteiger partial charge on any atom is 0.332 e. The molecule has 3 heteroatoms. The largest absolute Gasteiger partial charge is 0.332 e. The van der Waals surface area contributed by atoms with Crippen LogP contribution in [0.3, 0.4) is 0 Å². The standard InChI is InChI=1S/C20H19N2O/c23-20-19-18-15(9-6-10-16(18)21-20)17-11-4-5-12-22(17,19)13-14-7-2-1-3-8-14/h1-3,6-10,17H,4-5,11-13H2/q+1. The average molecular weight is 303 g/mol. The second kappa shape index (κ2) is 4.62. The fourth-order valence-electron chi connectivity index (χ4n) is 4.87. The smallest absolute Gasteiger partial charge is 0.276 e. The fraction of sp³-hybridized carbons (Fsp3) is 0.300. The van der Waals surface area contributed by atoms with Crippen LogP contribution in [-0.4, -0.2) is 16.9 Å². The first-order chi connectivity index (χ1) is 11.3. The molecule has 2 unspecified atom stereocenters. The van der Waals surface area contributed by atoms with Gasteiger partial charge in [-0.2, -0.15) is 0 Å². The Bertz CT molecular complexity index is 932. The quantitative estimate of drug-likeness (QED) is 0.782. The van der Waals surface area contributed by atoms with Gasteiger partial charge in [0.2, 0.25) is 5.70 Å². The zero-order valence-corrected chi connectivity index (χ0v) is 13.0. The van der Waals surface area contributed by atoms with Crippen molar-refractivity contribution in [2.45, 2.75) is 31.8 Å². The molecule has 0 aromatic heterocycles. The summed E-state index contributed by atoms with van der Waals surface area (Å²) < 4.78 is 0.790. The van der Waals surface area contributed by atoms with E-state index in [1.54, 1.807) is 0 Å². The van der Waals surface area contributed by atoms with Crippen LogP contribution in [0.4, 0.5) is 0 Å². The van der Waals surface area contributed by atoms with Crippen LogP contribution < -0.4 is 10.6 Å². The van der Waals surface area contributed by atoms with E-state index in [0.717, 1.165) is 33.8 Å². The molecule has 1 amide bonds. The van der Waals surface area contributed by atoms with Gasteiger partial charge in [0.25, 0.3) is 0 Å². The number of benzene rings is 2. The number of hydrogen-bond donors (Lipinski definition) is 0. The first kappa shape index (κ1) is 13.2. The predicted octanol–water partition coefficient (Wildman–Crippen LogP) is 2.21. The van der Waals surface area contributed by atoms with Crippen molar-refractivity contribution in [1.29, 1.82) is 0 Å². The molecule has 0 spiro atoms. The maximum absolute atomic E-state index is 12.7. The van der Waals surface area contributed by atoms with Crippen LogP contribution >= 0.6 is 0 Å². The van der Waals surface area contributed by atoms with Gasteiger partial charge in [0.05, 0.1) is 17.1 Å². The molecule has 0 aliphatic carbocycles. The van der Waals surface area contributed by atoms with Gasteiger partial charge in [-0.1, -0.05) is 42.5 Å². The third-order valence-electron chi connectivity index (χ3n) is 5.73. The molecule has 5 rings (SSSR count). The Morgan fingerprint density at radius 2 is 1.91 bits per heavy atom. The van der Waals surface area contributed by atoms with E-state index in [-0.39, 0.29) is 5.91 Å². The van der Waals surface area contributed by atoms with E-state index in [0.29, 0.717) is 6.04 Å². The lowest BCUT2D eigenvalue weighted by Crippen LogP contribution is -2.50.